The molecule has 4 aliphatic rings. The maximum Gasteiger partial charge on any atom is 0.269 e. The summed E-state index contributed by atoms with van der Waals surface area (Å²) in [6.07, 6.45) is 7.01. The average molecular weight is 431 g/mol. The third-order valence-electron chi connectivity index (χ3n) is 6.68. The first kappa shape index (κ1) is 21.8. The van der Waals surface area contributed by atoms with E-state index < -0.39 is 6.04 Å². The van der Waals surface area contributed by atoms with Gasteiger partial charge in [0.2, 0.25) is 5.91 Å². The van der Waals surface area contributed by atoms with Gasteiger partial charge >= 0.3 is 0 Å². The molecule has 4 rings (SSSR count). The number of nitrogens with one attached hydrogen (secondary N) is 2. The summed E-state index contributed by atoms with van der Waals surface area (Å²) in [7, 11) is 1.51. The number of amides is 2. The first-order valence-corrected chi connectivity index (χ1v) is 11.1. The Balaban J connectivity index is 1.28. The van der Waals surface area contributed by atoms with Crippen molar-refractivity contribution in [3.63, 3.8) is 0 Å². The van der Waals surface area contributed by atoms with E-state index in [0.717, 1.165) is 51.1 Å². The molecule has 0 aromatic carbocycles. The van der Waals surface area contributed by atoms with Crippen molar-refractivity contribution in [2.24, 2.45) is 15.9 Å². The van der Waals surface area contributed by atoms with Gasteiger partial charge in [-0.3, -0.25) is 29.4 Å². The number of hydrogen-bond acceptors (Lipinski definition) is 6. The smallest absolute Gasteiger partial charge is 0.269 e. The Labute approximate surface area is 182 Å². The van der Waals surface area contributed by atoms with Crippen LogP contribution < -0.4 is 10.6 Å². The summed E-state index contributed by atoms with van der Waals surface area (Å²) in [6, 6.07) is -0.259. The van der Waals surface area contributed by atoms with E-state index in [0.29, 0.717) is 0 Å². The molecule has 31 heavy (non-hydrogen) atoms. The largest absolute Gasteiger partial charge is 0.354 e. The molecule has 4 atom stereocenters. The zero-order valence-corrected chi connectivity index (χ0v) is 18.2. The monoisotopic (exact) mass is 430 g/mol. The number of fused-ring (bicyclic) bond motifs is 1. The Morgan fingerprint density at radius 2 is 2.10 bits per heavy atom. The molecule has 8 nitrogen and oxygen atoms in total. The van der Waals surface area contributed by atoms with Gasteiger partial charge in [-0.2, -0.15) is 0 Å². The minimum Gasteiger partial charge on any atom is -0.354 e. The first-order valence-electron chi connectivity index (χ1n) is 11.1. The van der Waals surface area contributed by atoms with Crippen LogP contribution in [0.3, 0.4) is 0 Å². The Hall–Kier alpha value is -2.39. The summed E-state index contributed by atoms with van der Waals surface area (Å²) in [5.41, 5.74) is 1.27. The Morgan fingerprint density at radius 3 is 2.77 bits per heavy atom. The first-order chi connectivity index (χ1) is 15.0. The van der Waals surface area contributed by atoms with Crippen molar-refractivity contribution < 1.29 is 14.0 Å². The van der Waals surface area contributed by atoms with Crippen LogP contribution in [0.5, 0.6) is 0 Å². The lowest BCUT2D eigenvalue weighted by atomic mass is 9.86. The summed E-state index contributed by atoms with van der Waals surface area (Å²) >= 11 is 0. The molecule has 2 saturated heterocycles. The van der Waals surface area contributed by atoms with E-state index in [9.17, 15) is 14.0 Å². The Bertz CT molecular complexity index is 843. The predicted octanol–water partition coefficient (Wildman–Crippen LogP) is 0.321. The summed E-state index contributed by atoms with van der Waals surface area (Å²) in [5.74, 6) is -0.460. The zero-order valence-electron chi connectivity index (χ0n) is 18.2. The van der Waals surface area contributed by atoms with Gasteiger partial charge in [-0.05, 0) is 18.4 Å². The van der Waals surface area contributed by atoms with Crippen molar-refractivity contribution in [2.45, 2.75) is 37.9 Å². The lowest BCUT2D eigenvalue weighted by Gasteiger charge is -2.39. The summed E-state index contributed by atoms with van der Waals surface area (Å²) in [6.45, 7) is 6.20. The third kappa shape index (κ3) is 4.77. The van der Waals surface area contributed by atoms with E-state index in [4.69, 9.17) is 4.99 Å². The topological polar surface area (TPSA) is 89.4 Å². The van der Waals surface area contributed by atoms with Gasteiger partial charge in [0.05, 0.1) is 24.7 Å². The van der Waals surface area contributed by atoms with Crippen LogP contribution in [0.4, 0.5) is 4.39 Å². The molecule has 0 aromatic rings. The molecule has 4 unspecified atom stereocenters. The second kappa shape index (κ2) is 9.40. The van der Waals surface area contributed by atoms with Crippen molar-refractivity contribution in [3.05, 3.63) is 23.6 Å². The van der Waals surface area contributed by atoms with Crippen LogP contribution in [0.25, 0.3) is 0 Å². The van der Waals surface area contributed by atoms with Crippen LogP contribution in [0.15, 0.2) is 33.5 Å². The lowest BCUT2D eigenvalue weighted by Crippen LogP contribution is -2.53. The Kier molecular flexibility index (Phi) is 6.62. The van der Waals surface area contributed by atoms with Crippen LogP contribution in [0.1, 0.15) is 19.8 Å². The number of rotatable bonds is 5. The van der Waals surface area contributed by atoms with E-state index in [-0.39, 0.29) is 47.9 Å². The molecule has 168 valence electrons. The van der Waals surface area contributed by atoms with Crippen molar-refractivity contribution in [1.29, 1.82) is 0 Å². The van der Waals surface area contributed by atoms with E-state index in [1.54, 1.807) is 0 Å². The second-order valence-electron chi connectivity index (χ2n) is 8.62. The molecule has 4 heterocycles. The van der Waals surface area contributed by atoms with Gasteiger partial charge in [-0.15, -0.1) is 0 Å². The van der Waals surface area contributed by atoms with Gasteiger partial charge in [0.25, 0.3) is 5.91 Å². The van der Waals surface area contributed by atoms with E-state index >= 15 is 0 Å². The van der Waals surface area contributed by atoms with Crippen molar-refractivity contribution in [3.8, 4) is 0 Å². The standard InChI is InChI=1S/C22H31FN6O2/c1-3-15-9-17-18(27-21(15)30)8-14(11-25-17)13-28-4-6-29(7-5-28)20-12-26-19(10-16(20)23)22(31)24-2/h8,10-11,15,17-18,20H,3-7,9,12-13H2,1-2H3,(H,24,31)(H,27,30). The molecule has 0 saturated carbocycles. The number of piperidine rings is 1. The maximum atomic E-state index is 14.6. The maximum absolute atomic E-state index is 14.6. The van der Waals surface area contributed by atoms with Crippen molar-refractivity contribution in [2.75, 3.05) is 46.3 Å². The number of dihydropyridines is 2. The molecular weight excluding hydrogens is 399 g/mol. The van der Waals surface area contributed by atoms with Gasteiger partial charge in [-0.25, -0.2) is 4.39 Å². The average Bonchev–Trinajstić information content (AvgIpc) is 2.78. The number of piperazine rings is 1. The SMILES string of the molecule is CCC1CC2N=CC(CN3CCN(C4CN=C(C(=O)NC)C=C4F)CC3)=CC2NC1=O. The highest BCUT2D eigenvalue weighted by atomic mass is 19.1. The molecular formula is C22H31FN6O2. The van der Waals surface area contributed by atoms with Crippen molar-refractivity contribution in [1.82, 2.24) is 20.4 Å². The highest BCUT2D eigenvalue weighted by Crippen LogP contribution is 2.25. The molecule has 0 radical (unpaired) electrons. The highest BCUT2D eigenvalue weighted by Gasteiger charge is 2.35. The minimum atomic E-state index is -0.393. The normalized spacial score (nSPS) is 31.8. The molecule has 0 aromatic heterocycles. The number of halogens is 1. The van der Waals surface area contributed by atoms with E-state index in [1.165, 1.54) is 13.1 Å². The van der Waals surface area contributed by atoms with Crippen LogP contribution in [0, 0.1) is 5.92 Å². The number of aliphatic imine (C=N–C) groups is 2. The molecule has 0 aliphatic carbocycles. The van der Waals surface area contributed by atoms with Crippen LogP contribution in [0.2, 0.25) is 0 Å². The van der Waals surface area contributed by atoms with Gasteiger partial charge in [0.15, 0.2) is 0 Å². The van der Waals surface area contributed by atoms with Crippen LogP contribution in [-0.4, -0.2) is 98.0 Å². The van der Waals surface area contributed by atoms with Gasteiger partial charge < -0.3 is 10.6 Å². The summed E-state index contributed by atoms with van der Waals surface area (Å²) in [4.78, 5) is 37.2. The molecule has 9 heteroatoms. The fourth-order valence-electron chi connectivity index (χ4n) is 4.73. The Morgan fingerprint density at radius 1 is 1.32 bits per heavy atom. The number of carbonyl (C=O) groups excluding carboxylic acids is 2. The van der Waals surface area contributed by atoms with Gasteiger partial charge in [0, 0.05) is 58.0 Å². The predicted molar refractivity (Wildman–Crippen MR) is 118 cm³/mol. The fraction of sp³-hybridized carbons (Fsp3) is 0.636. The second-order valence-corrected chi connectivity index (χ2v) is 8.62. The summed E-state index contributed by atoms with van der Waals surface area (Å²) < 4.78 is 14.6. The molecule has 2 N–H and O–H groups in total. The van der Waals surface area contributed by atoms with Crippen molar-refractivity contribution >= 4 is 23.7 Å². The quantitative estimate of drug-likeness (QED) is 0.658. The van der Waals surface area contributed by atoms with E-state index in [1.807, 2.05) is 13.1 Å². The van der Waals surface area contributed by atoms with Gasteiger partial charge in [0.1, 0.15) is 11.5 Å². The zero-order chi connectivity index (χ0) is 22.0. The highest BCUT2D eigenvalue weighted by molar-refractivity contribution is 6.43. The third-order valence-corrected chi connectivity index (χ3v) is 6.68. The number of carbonyl (C=O) groups is 2. The molecule has 0 bridgehead atoms. The van der Waals surface area contributed by atoms with Crippen LogP contribution >= 0.6 is 0 Å². The number of hydrogen-bond donors (Lipinski definition) is 2. The lowest BCUT2D eigenvalue weighted by molar-refractivity contribution is -0.127. The summed E-state index contributed by atoms with van der Waals surface area (Å²) in [5, 5.41) is 5.59. The fourth-order valence-corrected chi connectivity index (χ4v) is 4.73. The van der Waals surface area contributed by atoms with Gasteiger partial charge in [-0.1, -0.05) is 13.0 Å². The molecule has 2 fully saturated rings. The molecule has 2 amide bonds. The van der Waals surface area contributed by atoms with Crippen LogP contribution in [-0.2, 0) is 9.59 Å². The molecule has 0 spiro atoms. The van der Waals surface area contributed by atoms with E-state index in [2.05, 4.69) is 31.5 Å². The number of nitrogens with zero attached hydrogens (tertiary/aromatic N) is 4. The minimum absolute atomic E-state index is 0.00885. The molecule has 4 aliphatic heterocycles.